The second-order valence-electron chi connectivity index (χ2n) is 6.35. The van der Waals surface area contributed by atoms with Gasteiger partial charge in [0.1, 0.15) is 0 Å². The number of fused-ring (bicyclic) bond motifs is 1. The van der Waals surface area contributed by atoms with Crippen LogP contribution in [0.2, 0.25) is 0 Å². The highest BCUT2D eigenvalue weighted by Crippen LogP contribution is 2.60. The van der Waals surface area contributed by atoms with Gasteiger partial charge >= 0.3 is 0 Å². The molecular weight excluding hydrogens is 168 g/mol. The first-order valence-electron chi connectivity index (χ1n) is 6.60. The molecule has 2 fully saturated rings. The molecule has 0 saturated heterocycles. The van der Waals surface area contributed by atoms with Crippen LogP contribution in [0.4, 0.5) is 0 Å². The van der Waals surface area contributed by atoms with E-state index >= 15 is 0 Å². The van der Waals surface area contributed by atoms with E-state index in [-0.39, 0.29) is 0 Å². The maximum atomic E-state index is 2.58. The van der Waals surface area contributed by atoms with Crippen molar-refractivity contribution in [2.75, 3.05) is 0 Å². The van der Waals surface area contributed by atoms with Crippen molar-refractivity contribution in [3.05, 3.63) is 0 Å². The number of rotatable bonds is 1. The van der Waals surface area contributed by atoms with Gasteiger partial charge in [-0.15, -0.1) is 0 Å². The molecule has 2 saturated carbocycles. The van der Waals surface area contributed by atoms with Gasteiger partial charge in [0.25, 0.3) is 0 Å². The fourth-order valence-corrected chi connectivity index (χ4v) is 4.02. The summed E-state index contributed by atoms with van der Waals surface area (Å²) >= 11 is 0. The molecule has 0 nitrogen and oxygen atoms in total. The van der Waals surface area contributed by atoms with Crippen LogP contribution in [0.15, 0.2) is 0 Å². The predicted octanol–water partition coefficient (Wildman–Crippen LogP) is 4.78. The molecule has 0 radical (unpaired) electrons. The normalized spacial score (nSPS) is 48.6. The second-order valence-corrected chi connectivity index (χ2v) is 6.35. The van der Waals surface area contributed by atoms with Crippen LogP contribution in [0.5, 0.6) is 0 Å². The van der Waals surface area contributed by atoms with Crippen molar-refractivity contribution >= 4 is 0 Å². The van der Waals surface area contributed by atoms with Crippen LogP contribution >= 0.6 is 0 Å². The molecule has 0 aliphatic heterocycles. The van der Waals surface area contributed by atoms with Crippen LogP contribution in [-0.4, -0.2) is 0 Å². The lowest BCUT2D eigenvalue weighted by molar-refractivity contribution is -0.0488. The Labute approximate surface area is 89.5 Å². The van der Waals surface area contributed by atoms with E-state index in [0.29, 0.717) is 10.8 Å². The zero-order chi connectivity index (χ0) is 10.2. The van der Waals surface area contributed by atoms with Crippen LogP contribution in [0, 0.1) is 16.7 Å². The summed E-state index contributed by atoms with van der Waals surface area (Å²) in [6.45, 7) is 7.52. The van der Waals surface area contributed by atoms with Crippen molar-refractivity contribution in [3.8, 4) is 0 Å². The number of hydrogen-bond acceptors (Lipinski definition) is 0. The maximum Gasteiger partial charge on any atom is -0.0269 e. The summed E-state index contributed by atoms with van der Waals surface area (Å²) in [6, 6.07) is 0. The lowest BCUT2D eigenvalue weighted by Gasteiger charge is -2.55. The standard InChI is InChI=1S/C14H26/c1-4-12-7-10-13(2)8-5-6-9-14(13,3)11-12/h12H,4-11H2,1-3H3/t12?,13?,14-/m0/s1. The topological polar surface area (TPSA) is 0 Å². The Bertz CT molecular complexity index is 208. The Morgan fingerprint density at radius 2 is 1.64 bits per heavy atom. The first kappa shape index (κ1) is 10.5. The van der Waals surface area contributed by atoms with Crippen molar-refractivity contribution in [2.24, 2.45) is 16.7 Å². The number of hydrogen-bond donors (Lipinski definition) is 0. The predicted molar refractivity (Wildman–Crippen MR) is 62.3 cm³/mol. The third-order valence-corrected chi connectivity index (χ3v) is 5.59. The molecule has 0 heterocycles. The zero-order valence-electron chi connectivity index (χ0n) is 10.2. The molecule has 0 heteroatoms. The molecule has 2 unspecified atom stereocenters. The molecule has 2 aliphatic rings. The summed E-state index contributed by atoms with van der Waals surface area (Å²) in [6.07, 6.45) is 11.9. The molecule has 0 amide bonds. The molecule has 3 atom stereocenters. The third-order valence-electron chi connectivity index (χ3n) is 5.59. The molecule has 0 spiro atoms. The quantitative estimate of drug-likeness (QED) is 0.563. The summed E-state index contributed by atoms with van der Waals surface area (Å²) in [5.74, 6) is 1.03. The van der Waals surface area contributed by atoms with Crippen molar-refractivity contribution < 1.29 is 0 Å². The van der Waals surface area contributed by atoms with E-state index < -0.39 is 0 Å². The monoisotopic (exact) mass is 194 g/mol. The van der Waals surface area contributed by atoms with Crippen molar-refractivity contribution in [2.45, 2.75) is 72.1 Å². The second kappa shape index (κ2) is 3.54. The first-order valence-corrected chi connectivity index (χ1v) is 6.60. The highest BCUT2D eigenvalue weighted by atomic mass is 14.5. The fourth-order valence-electron chi connectivity index (χ4n) is 4.02. The van der Waals surface area contributed by atoms with E-state index in [9.17, 15) is 0 Å². The van der Waals surface area contributed by atoms with Gasteiger partial charge in [0.2, 0.25) is 0 Å². The van der Waals surface area contributed by atoms with Crippen LogP contribution in [0.1, 0.15) is 72.1 Å². The molecule has 0 N–H and O–H groups in total. The van der Waals surface area contributed by atoms with Crippen LogP contribution in [-0.2, 0) is 0 Å². The summed E-state index contributed by atoms with van der Waals surface area (Å²) in [5.41, 5.74) is 1.38. The van der Waals surface area contributed by atoms with Gasteiger partial charge in [-0.2, -0.15) is 0 Å². The highest BCUT2D eigenvalue weighted by molar-refractivity contribution is 4.99. The average molecular weight is 194 g/mol. The molecule has 0 bridgehead atoms. The fraction of sp³-hybridized carbons (Fsp3) is 1.00. The minimum Gasteiger partial charge on any atom is -0.0651 e. The van der Waals surface area contributed by atoms with Gasteiger partial charge in [0.05, 0.1) is 0 Å². The zero-order valence-corrected chi connectivity index (χ0v) is 10.2. The minimum absolute atomic E-state index is 0.685. The molecule has 82 valence electrons. The Balaban J connectivity index is 2.15. The van der Waals surface area contributed by atoms with E-state index in [4.69, 9.17) is 0 Å². The summed E-state index contributed by atoms with van der Waals surface area (Å²) < 4.78 is 0. The van der Waals surface area contributed by atoms with E-state index in [2.05, 4.69) is 20.8 Å². The van der Waals surface area contributed by atoms with Crippen molar-refractivity contribution in [1.82, 2.24) is 0 Å². The van der Waals surface area contributed by atoms with Gasteiger partial charge in [0.15, 0.2) is 0 Å². The SMILES string of the molecule is CCC1CCC2(C)CCCC[C@@]2(C)C1. The van der Waals surface area contributed by atoms with Crippen LogP contribution < -0.4 is 0 Å². The summed E-state index contributed by atoms with van der Waals surface area (Å²) in [4.78, 5) is 0. The average Bonchev–Trinajstić information content (AvgIpc) is 2.18. The molecular formula is C14H26. The molecule has 0 aromatic heterocycles. The highest BCUT2D eigenvalue weighted by Gasteiger charge is 2.49. The molecule has 2 rings (SSSR count). The van der Waals surface area contributed by atoms with Gasteiger partial charge in [-0.25, -0.2) is 0 Å². The van der Waals surface area contributed by atoms with Gasteiger partial charge in [0, 0.05) is 0 Å². The Morgan fingerprint density at radius 1 is 1.00 bits per heavy atom. The third kappa shape index (κ3) is 1.51. The van der Waals surface area contributed by atoms with E-state index in [0.717, 1.165) is 5.92 Å². The van der Waals surface area contributed by atoms with Gasteiger partial charge in [-0.05, 0) is 48.9 Å². The van der Waals surface area contributed by atoms with Gasteiger partial charge in [-0.1, -0.05) is 40.0 Å². The van der Waals surface area contributed by atoms with Gasteiger partial charge in [-0.3, -0.25) is 0 Å². The van der Waals surface area contributed by atoms with Gasteiger partial charge < -0.3 is 0 Å². The van der Waals surface area contributed by atoms with Crippen LogP contribution in [0.25, 0.3) is 0 Å². The Hall–Kier alpha value is 0. The molecule has 2 aliphatic carbocycles. The molecule has 0 aromatic carbocycles. The summed E-state index contributed by atoms with van der Waals surface area (Å²) in [5, 5.41) is 0. The Morgan fingerprint density at radius 3 is 2.29 bits per heavy atom. The van der Waals surface area contributed by atoms with Crippen molar-refractivity contribution in [3.63, 3.8) is 0 Å². The van der Waals surface area contributed by atoms with E-state index in [1.54, 1.807) is 0 Å². The summed E-state index contributed by atoms with van der Waals surface area (Å²) in [7, 11) is 0. The Kier molecular flexibility index (Phi) is 2.66. The van der Waals surface area contributed by atoms with Crippen molar-refractivity contribution in [1.29, 1.82) is 0 Å². The largest absolute Gasteiger partial charge is 0.0651 e. The molecule has 14 heavy (non-hydrogen) atoms. The minimum atomic E-state index is 0.685. The lowest BCUT2D eigenvalue weighted by atomic mass is 9.50. The molecule has 0 aromatic rings. The maximum absolute atomic E-state index is 2.58. The lowest BCUT2D eigenvalue weighted by Crippen LogP contribution is -2.45. The van der Waals surface area contributed by atoms with E-state index in [1.807, 2.05) is 0 Å². The van der Waals surface area contributed by atoms with Crippen LogP contribution in [0.3, 0.4) is 0 Å². The van der Waals surface area contributed by atoms with E-state index in [1.165, 1.54) is 51.4 Å². The first-order chi connectivity index (χ1) is 6.60. The smallest absolute Gasteiger partial charge is 0.0269 e.